The highest BCUT2D eigenvalue weighted by atomic mass is 35.5. The number of halogens is 4. The van der Waals surface area contributed by atoms with Crippen molar-refractivity contribution < 1.29 is 17.9 Å². The first-order chi connectivity index (χ1) is 8.46. The molecular weight excluding hydrogens is 267 g/mol. The van der Waals surface area contributed by atoms with Crippen LogP contribution in [0.1, 0.15) is 0 Å². The Morgan fingerprint density at radius 3 is 2.56 bits per heavy atom. The lowest BCUT2D eigenvalue weighted by Gasteiger charge is -2.10. The van der Waals surface area contributed by atoms with Crippen LogP contribution < -0.4 is 4.74 Å². The second kappa shape index (κ2) is 4.86. The SMILES string of the molecule is FC(F)(F)Oc1cccc(-c2ncccc2Cl)c1. The number of nitrogens with zero attached hydrogens (tertiary/aromatic N) is 1. The third-order valence-corrected chi connectivity index (χ3v) is 2.40. The highest BCUT2D eigenvalue weighted by molar-refractivity contribution is 6.33. The molecule has 0 radical (unpaired) electrons. The Morgan fingerprint density at radius 2 is 1.89 bits per heavy atom. The van der Waals surface area contributed by atoms with Gasteiger partial charge in [0.25, 0.3) is 0 Å². The van der Waals surface area contributed by atoms with Gasteiger partial charge >= 0.3 is 6.36 Å². The van der Waals surface area contributed by atoms with E-state index in [1.165, 1.54) is 24.4 Å². The molecule has 0 aliphatic rings. The fourth-order valence-corrected chi connectivity index (χ4v) is 1.67. The average Bonchev–Trinajstić information content (AvgIpc) is 2.27. The van der Waals surface area contributed by atoms with Gasteiger partial charge in [-0.2, -0.15) is 0 Å². The zero-order chi connectivity index (χ0) is 13.2. The zero-order valence-electron chi connectivity index (χ0n) is 8.91. The predicted molar refractivity (Wildman–Crippen MR) is 61.4 cm³/mol. The second-order valence-electron chi connectivity index (χ2n) is 3.41. The molecule has 1 aromatic carbocycles. The number of hydrogen-bond donors (Lipinski definition) is 0. The van der Waals surface area contributed by atoms with Crippen molar-refractivity contribution in [2.75, 3.05) is 0 Å². The molecule has 0 fully saturated rings. The second-order valence-corrected chi connectivity index (χ2v) is 3.82. The Hall–Kier alpha value is -1.75. The molecule has 0 spiro atoms. The minimum atomic E-state index is -4.72. The summed E-state index contributed by atoms with van der Waals surface area (Å²) in [5.74, 6) is -0.304. The smallest absolute Gasteiger partial charge is 0.406 e. The summed E-state index contributed by atoms with van der Waals surface area (Å²) in [6.45, 7) is 0. The van der Waals surface area contributed by atoms with Crippen molar-refractivity contribution in [3.8, 4) is 17.0 Å². The summed E-state index contributed by atoms with van der Waals surface area (Å²) in [5.41, 5.74) is 0.870. The number of pyridine rings is 1. The maximum Gasteiger partial charge on any atom is 0.573 e. The van der Waals surface area contributed by atoms with E-state index in [0.717, 1.165) is 0 Å². The topological polar surface area (TPSA) is 22.1 Å². The van der Waals surface area contributed by atoms with Crippen LogP contribution in [0.25, 0.3) is 11.3 Å². The fourth-order valence-electron chi connectivity index (χ4n) is 1.44. The van der Waals surface area contributed by atoms with E-state index >= 15 is 0 Å². The van der Waals surface area contributed by atoms with Crippen LogP contribution in [0.15, 0.2) is 42.6 Å². The summed E-state index contributed by atoms with van der Waals surface area (Å²) in [4.78, 5) is 4.02. The van der Waals surface area contributed by atoms with Crippen LogP contribution in [-0.4, -0.2) is 11.3 Å². The van der Waals surface area contributed by atoms with E-state index in [1.807, 2.05) is 0 Å². The third kappa shape index (κ3) is 3.13. The first-order valence-electron chi connectivity index (χ1n) is 4.92. The van der Waals surface area contributed by atoms with Crippen LogP contribution in [0.4, 0.5) is 13.2 Å². The summed E-state index contributed by atoms with van der Waals surface area (Å²) in [6.07, 6.45) is -3.20. The molecule has 6 heteroatoms. The highest BCUT2D eigenvalue weighted by Crippen LogP contribution is 2.30. The first-order valence-corrected chi connectivity index (χ1v) is 5.30. The molecule has 0 N–H and O–H groups in total. The summed E-state index contributed by atoms with van der Waals surface area (Å²) < 4.78 is 40.1. The molecule has 2 nitrogen and oxygen atoms in total. The maximum atomic E-state index is 12.1. The number of alkyl halides is 3. The van der Waals surface area contributed by atoms with Gasteiger partial charge in [-0.3, -0.25) is 4.98 Å². The Morgan fingerprint density at radius 1 is 1.11 bits per heavy atom. The van der Waals surface area contributed by atoms with Gasteiger partial charge < -0.3 is 4.74 Å². The van der Waals surface area contributed by atoms with Crippen LogP contribution in [0.5, 0.6) is 5.75 Å². The van der Waals surface area contributed by atoms with Gasteiger partial charge in [0.2, 0.25) is 0 Å². The molecule has 2 aromatic rings. The Bertz CT molecular complexity index is 557. The molecule has 2 rings (SSSR count). The first kappa shape index (κ1) is 12.7. The lowest BCUT2D eigenvalue weighted by Crippen LogP contribution is -2.17. The van der Waals surface area contributed by atoms with Crippen LogP contribution in [-0.2, 0) is 0 Å². The molecule has 0 amide bonds. The van der Waals surface area contributed by atoms with E-state index in [4.69, 9.17) is 11.6 Å². The number of ether oxygens (including phenoxy) is 1. The Labute approximate surface area is 106 Å². The van der Waals surface area contributed by atoms with Crippen molar-refractivity contribution >= 4 is 11.6 Å². The van der Waals surface area contributed by atoms with Gasteiger partial charge in [0.05, 0.1) is 10.7 Å². The Kier molecular flexibility index (Phi) is 3.43. The van der Waals surface area contributed by atoms with Crippen molar-refractivity contribution in [2.24, 2.45) is 0 Å². The fraction of sp³-hybridized carbons (Fsp3) is 0.0833. The standard InChI is InChI=1S/C12H7ClF3NO/c13-10-5-2-6-17-11(10)8-3-1-4-9(7-8)18-12(14,15)16/h1-7H. The lowest BCUT2D eigenvalue weighted by atomic mass is 10.1. The molecule has 1 aromatic heterocycles. The third-order valence-electron chi connectivity index (χ3n) is 2.10. The van der Waals surface area contributed by atoms with Crippen LogP contribution in [0, 0.1) is 0 Å². The van der Waals surface area contributed by atoms with E-state index in [9.17, 15) is 13.2 Å². The van der Waals surface area contributed by atoms with Gasteiger partial charge in [0.1, 0.15) is 5.75 Å². The van der Waals surface area contributed by atoms with Gasteiger partial charge in [-0.15, -0.1) is 13.2 Å². The summed E-state index contributed by atoms with van der Waals surface area (Å²) >= 11 is 5.92. The quantitative estimate of drug-likeness (QED) is 0.814. The van der Waals surface area contributed by atoms with E-state index in [2.05, 4.69) is 9.72 Å². The molecule has 0 aliphatic carbocycles. The van der Waals surface area contributed by atoms with Crippen molar-refractivity contribution in [3.63, 3.8) is 0 Å². The number of hydrogen-bond acceptors (Lipinski definition) is 2. The van der Waals surface area contributed by atoms with Crippen LogP contribution >= 0.6 is 11.6 Å². The molecule has 94 valence electrons. The van der Waals surface area contributed by atoms with Gasteiger partial charge in [0, 0.05) is 11.8 Å². The van der Waals surface area contributed by atoms with E-state index in [1.54, 1.807) is 18.2 Å². The van der Waals surface area contributed by atoms with Crippen molar-refractivity contribution in [3.05, 3.63) is 47.6 Å². The van der Waals surface area contributed by atoms with Gasteiger partial charge in [0.15, 0.2) is 0 Å². The van der Waals surface area contributed by atoms with Crippen LogP contribution in [0.2, 0.25) is 5.02 Å². The van der Waals surface area contributed by atoms with E-state index in [-0.39, 0.29) is 5.75 Å². The maximum absolute atomic E-state index is 12.1. The van der Waals surface area contributed by atoms with Gasteiger partial charge in [-0.05, 0) is 24.3 Å². The lowest BCUT2D eigenvalue weighted by molar-refractivity contribution is -0.274. The Balaban J connectivity index is 2.36. The average molecular weight is 274 g/mol. The highest BCUT2D eigenvalue weighted by Gasteiger charge is 2.31. The molecule has 0 unspecified atom stereocenters. The van der Waals surface area contributed by atoms with Gasteiger partial charge in [-0.1, -0.05) is 23.7 Å². The van der Waals surface area contributed by atoms with E-state index in [0.29, 0.717) is 16.3 Å². The number of benzene rings is 1. The molecule has 0 bridgehead atoms. The van der Waals surface area contributed by atoms with Crippen LogP contribution in [0.3, 0.4) is 0 Å². The minimum Gasteiger partial charge on any atom is -0.406 e. The largest absolute Gasteiger partial charge is 0.573 e. The van der Waals surface area contributed by atoms with Gasteiger partial charge in [-0.25, -0.2) is 0 Å². The monoisotopic (exact) mass is 273 g/mol. The zero-order valence-corrected chi connectivity index (χ0v) is 9.66. The summed E-state index contributed by atoms with van der Waals surface area (Å²) in [5, 5.41) is 0.363. The molecule has 0 atom stereocenters. The number of rotatable bonds is 2. The normalized spacial score (nSPS) is 11.3. The number of aromatic nitrogens is 1. The van der Waals surface area contributed by atoms with Crippen molar-refractivity contribution in [1.82, 2.24) is 4.98 Å². The molecule has 18 heavy (non-hydrogen) atoms. The van der Waals surface area contributed by atoms with E-state index < -0.39 is 6.36 Å². The molecular formula is C12H7ClF3NO. The predicted octanol–water partition coefficient (Wildman–Crippen LogP) is 4.30. The molecule has 0 aliphatic heterocycles. The molecule has 0 saturated heterocycles. The summed E-state index contributed by atoms with van der Waals surface area (Å²) in [7, 11) is 0. The van der Waals surface area contributed by atoms with Crippen molar-refractivity contribution in [1.29, 1.82) is 0 Å². The minimum absolute atomic E-state index is 0.304. The molecule has 0 saturated carbocycles. The molecule has 1 heterocycles. The van der Waals surface area contributed by atoms with Crippen molar-refractivity contribution in [2.45, 2.75) is 6.36 Å². The summed E-state index contributed by atoms with van der Waals surface area (Å²) in [6, 6.07) is 8.76.